The van der Waals surface area contributed by atoms with Crippen LogP contribution in [0.4, 0.5) is 5.69 Å². The molecule has 4 nitrogen and oxygen atoms in total. The highest BCUT2D eigenvalue weighted by molar-refractivity contribution is 8.18. The van der Waals surface area contributed by atoms with Gasteiger partial charge in [-0.3, -0.25) is 4.79 Å². The van der Waals surface area contributed by atoms with E-state index in [4.69, 9.17) is 27.6 Å². The van der Waals surface area contributed by atoms with Gasteiger partial charge in [0, 0.05) is 11.6 Å². The van der Waals surface area contributed by atoms with E-state index in [1.165, 1.54) is 11.8 Å². The van der Waals surface area contributed by atoms with Crippen LogP contribution in [-0.4, -0.2) is 11.1 Å². The van der Waals surface area contributed by atoms with Crippen LogP contribution in [0.5, 0.6) is 0 Å². The number of hydrogen-bond donors (Lipinski definition) is 1. The molecule has 0 bridgehead atoms. The Morgan fingerprint density at radius 2 is 1.82 bits per heavy atom. The van der Waals surface area contributed by atoms with Crippen LogP contribution in [0.3, 0.4) is 0 Å². The van der Waals surface area contributed by atoms with Gasteiger partial charge in [-0.25, -0.2) is 4.99 Å². The van der Waals surface area contributed by atoms with Crippen molar-refractivity contribution in [1.29, 1.82) is 0 Å². The molecule has 1 aromatic heterocycles. The van der Waals surface area contributed by atoms with Crippen LogP contribution in [-0.2, 0) is 4.79 Å². The minimum Gasteiger partial charge on any atom is -0.457 e. The SMILES string of the molecule is Cc1ccc(N=C2NC(=O)/C(=C/c3ccc(-c4ccc(Cl)c(Cl)c4)o3)S2)cc1. The smallest absolute Gasteiger partial charge is 0.264 e. The molecule has 1 fully saturated rings. The number of amides is 1. The summed E-state index contributed by atoms with van der Waals surface area (Å²) >= 11 is 13.3. The van der Waals surface area contributed by atoms with Gasteiger partial charge in [0.2, 0.25) is 0 Å². The van der Waals surface area contributed by atoms with Gasteiger partial charge in [-0.05, 0) is 61.2 Å². The standard InChI is InChI=1S/C21H14Cl2N2O2S/c1-12-2-5-14(6-3-12)24-21-25-20(26)19(28-21)11-15-7-9-18(27-15)13-4-8-16(22)17(23)10-13/h2-11H,1H3,(H,24,25,26)/b19-11-. The van der Waals surface area contributed by atoms with Crippen molar-refractivity contribution in [1.82, 2.24) is 5.32 Å². The maximum Gasteiger partial charge on any atom is 0.264 e. The molecule has 2 aromatic carbocycles. The number of thioether (sulfide) groups is 1. The Hall–Kier alpha value is -2.47. The average molecular weight is 429 g/mol. The van der Waals surface area contributed by atoms with Gasteiger partial charge >= 0.3 is 0 Å². The molecule has 1 amide bonds. The van der Waals surface area contributed by atoms with Crippen LogP contribution < -0.4 is 5.32 Å². The Morgan fingerprint density at radius 1 is 1.04 bits per heavy atom. The topological polar surface area (TPSA) is 54.6 Å². The van der Waals surface area contributed by atoms with E-state index in [1.54, 1.807) is 24.3 Å². The summed E-state index contributed by atoms with van der Waals surface area (Å²) in [7, 11) is 0. The maximum absolute atomic E-state index is 12.2. The third kappa shape index (κ3) is 4.17. The first kappa shape index (κ1) is 18.9. The molecule has 0 radical (unpaired) electrons. The highest BCUT2D eigenvalue weighted by atomic mass is 35.5. The molecule has 0 aliphatic carbocycles. The number of aryl methyl sites for hydroxylation is 1. The van der Waals surface area contributed by atoms with Gasteiger partial charge in [0.1, 0.15) is 11.5 Å². The molecule has 0 atom stereocenters. The molecular formula is C21H14Cl2N2O2S. The molecule has 1 saturated heterocycles. The Bertz CT molecular complexity index is 1120. The molecule has 7 heteroatoms. The summed E-state index contributed by atoms with van der Waals surface area (Å²) in [6.07, 6.45) is 1.69. The van der Waals surface area contributed by atoms with E-state index in [0.29, 0.717) is 31.6 Å². The van der Waals surface area contributed by atoms with Gasteiger partial charge in [-0.1, -0.05) is 40.9 Å². The van der Waals surface area contributed by atoms with Crippen molar-refractivity contribution in [3.05, 3.63) is 80.9 Å². The lowest BCUT2D eigenvalue weighted by Crippen LogP contribution is -2.19. The molecular weight excluding hydrogens is 415 g/mol. The van der Waals surface area contributed by atoms with Crippen LogP contribution in [0.1, 0.15) is 11.3 Å². The summed E-state index contributed by atoms with van der Waals surface area (Å²) in [5.41, 5.74) is 2.75. The largest absolute Gasteiger partial charge is 0.457 e. The third-order valence-electron chi connectivity index (χ3n) is 4.02. The van der Waals surface area contributed by atoms with E-state index in [-0.39, 0.29) is 5.91 Å². The number of hydrogen-bond acceptors (Lipinski definition) is 4. The molecule has 1 aliphatic heterocycles. The molecule has 3 aromatic rings. The number of carbonyl (C=O) groups excluding carboxylic acids is 1. The molecule has 28 heavy (non-hydrogen) atoms. The van der Waals surface area contributed by atoms with E-state index in [9.17, 15) is 4.79 Å². The van der Waals surface area contributed by atoms with E-state index < -0.39 is 0 Å². The first-order chi connectivity index (χ1) is 13.5. The average Bonchev–Trinajstić information content (AvgIpc) is 3.27. The first-order valence-electron chi connectivity index (χ1n) is 8.39. The van der Waals surface area contributed by atoms with E-state index in [1.807, 2.05) is 43.3 Å². The Balaban J connectivity index is 1.54. The third-order valence-corrected chi connectivity index (χ3v) is 5.67. The van der Waals surface area contributed by atoms with Gasteiger partial charge in [-0.15, -0.1) is 0 Å². The molecule has 0 spiro atoms. The summed E-state index contributed by atoms with van der Waals surface area (Å²) in [6.45, 7) is 2.01. The van der Waals surface area contributed by atoms with Crippen LogP contribution in [0.15, 0.2) is 68.9 Å². The van der Waals surface area contributed by atoms with Crippen molar-refractivity contribution in [2.75, 3.05) is 0 Å². The number of benzene rings is 2. The molecule has 2 heterocycles. The Kier molecular flexibility index (Phi) is 5.31. The van der Waals surface area contributed by atoms with Crippen molar-refractivity contribution in [3.63, 3.8) is 0 Å². The lowest BCUT2D eigenvalue weighted by Gasteiger charge is -1.99. The lowest BCUT2D eigenvalue weighted by molar-refractivity contribution is -0.115. The van der Waals surface area contributed by atoms with Gasteiger partial charge in [0.25, 0.3) is 5.91 Å². The predicted molar refractivity (Wildman–Crippen MR) is 116 cm³/mol. The summed E-state index contributed by atoms with van der Waals surface area (Å²) in [6, 6.07) is 16.7. The van der Waals surface area contributed by atoms with E-state index in [0.717, 1.165) is 16.8 Å². The highest BCUT2D eigenvalue weighted by Gasteiger charge is 2.24. The van der Waals surface area contributed by atoms with Gasteiger partial charge in [0.05, 0.1) is 20.6 Å². The van der Waals surface area contributed by atoms with Gasteiger partial charge in [-0.2, -0.15) is 0 Å². The quantitative estimate of drug-likeness (QED) is 0.487. The molecule has 4 rings (SSSR count). The summed E-state index contributed by atoms with van der Waals surface area (Å²) in [5.74, 6) is 1.00. The van der Waals surface area contributed by atoms with Crippen molar-refractivity contribution >= 4 is 57.8 Å². The fourth-order valence-corrected chi connectivity index (χ4v) is 3.70. The zero-order valence-corrected chi connectivity index (χ0v) is 17.0. The van der Waals surface area contributed by atoms with Crippen molar-refractivity contribution in [2.24, 2.45) is 4.99 Å². The number of carbonyl (C=O) groups is 1. The zero-order valence-electron chi connectivity index (χ0n) is 14.7. The monoisotopic (exact) mass is 428 g/mol. The first-order valence-corrected chi connectivity index (χ1v) is 9.97. The Morgan fingerprint density at radius 3 is 2.57 bits per heavy atom. The number of nitrogens with one attached hydrogen (secondary N) is 1. The van der Waals surface area contributed by atoms with Crippen LogP contribution >= 0.6 is 35.0 Å². The molecule has 1 aliphatic rings. The second-order valence-electron chi connectivity index (χ2n) is 6.15. The number of aliphatic imine (C=N–C) groups is 1. The number of rotatable bonds is 3. The number of amidine groups is 1. The second kappa shape index (κ2) is 7.87. The summed E-state index contributed by atoms with van der Waals surface area (Å²) < 4.78 is 5.83. The number of nitrogens with zero attached hydrogens (tertiary/aromatic N) is 1. The molecule has 0 saturated carbocycles. The lowest BCUT2D eigenvalue weighted by atomic mass is 10.2. The minimum atomic E-state index is -0.205. The van der Waals surface area contributed by atoms with Crippen molar-refractivity contribution in [3.8, 4) is 11.3 Å². The van der Waals surface area contributed by atoms with Gasteiger partial charge < -0.3 is 9.73 Å². The van der Waals surface area contributed by atoms with Crippen LogP contribution in [0, 0.1) is 6.92 Å². The predicted octanol–water partition coefficient (Wildman–Crippen LogP) is 6.45. The van der Waals surface area contributed by atoms with Gasteiger partial charge in [0.15, 0.2) is 5.17 Å². The second-order valence-corrected chi connectivity index (χ2v) is 7.99. The van der Waals surface area contributed by atoms with Crippen molar-refractivity contribution in [2.45, 2.75) is 6.92 Å². The molecule has 1 N–H and O–H groups in total. The highest BCUT2D eigenvalue weighted by Crippen LogP contribution is 2.32. The zero-order chi connectivity index (χ0) is 19.7. The van der Waals surface area contributed by atoms with Crippen LogP contribution in [0.2, 0.25) is 10.0 Å². The number of halogens is 2. The fourth-order valence-electron chi connectivity index (χ4n) is 2.58. The Labute approximate surface area is 176 Å². The maximum atomic E-state index is 12.2. The minimum absolute atomic E-state index is 0.205. The van der Waals surface area contributed by atoms with E-state index >= 15 is 0 Å². The normalized spacial score (nSPS) is 16.8. The number of furan rings is 1. The summed E-state index contributed by atoms with van der Waals surface area (Å²) in [4.78, 5) is 17.2. The molecule has 0 unspecified atom stereocenters. The van der Waals surface area contributed by atoms with E-state index in [2.05, 4.69) is 10.3 Å². The summed E-state index contributed by atoms with van der Waals surface area (Å²) in [5, 5.41) is 4.25. The van der Waals surface area contributed by atoms with Crippen LogP contribution in [0.25, 0.3) is 17.4 Å². The fraction of sp³-hybridized carbons (Fsp3) is 0.0476. The van der Waals surface area contributed by atoms with Crippen molar-refractivity contribution < 1.29 is 9.21 Å². The molecule has 140 valence electrons.